The van der Waals surface area contributed by atoms with Crippen molar-refractivity contribution in [3.63, 3.8) is 0 Å². The second-order valence-electron chi connectivity index (χ2n) is 2.99. The van der Waals surface area contributed by atoms with Gasteiger partial charge >= 0.3 is 11.9 Å². The first kappa shape index (κ1) is 10.9. The number of esters is 2. The average Bonchev–Trinajstić information content (AvgIpc) is 2.02. The van der Waals surface area contributed by atoms with E-state index in [-0.39, 0.29) is 0 Å². The van der Waals surface area contributed by atoms with Crippen LogP contribution in [0.5, 0.6) is 0 Å². The Bertz CT molecular complexity index is 183. The monoisotopic (exact) mass is 174 g/mol. The molecule has 0 saturated heterocycles. The third-order valence-corrected chi connectivity index (χ3v) is 1.57. The molecular formula is C8H14O4. The highest BCUT2D eigenvalue weighted by Crippen LogP contribution is 2.13. The smallest absolute Gasteiger partial charge is 0.417 e. The van der Waals surface area contributed by atoms with Gasteiger partial charge in [-0.15, -0.1) is 0 Å². The number of carbonyl (C=O) groups is 2. The molecule has 4 nitrogen and oxygen atoms in total. The van der Waals surface area contributed by atoms with Crippen molar-refractivity contribution in [3.8, 4) is 0 Å². The van der Waals surface area contributed by atoms with E-state index in [9.17, 15) is 9.59 Å². The molecule has 0 unspecified atom stereocenters. The highest BCUT2D eigenvalue weighted by atomic mass is 16.6. The Morgan fingerprint density at radius 3 is 2.08 bits per heavy atom. The number of methoxy groups -OCH3 is 1. The van der Waals surface area contributed by atoms with Crippen LogP contribution < -0.4 is 0 Å². The number of rotatable bonds is 2. The molecule has 0 atom stereocenters. The van der Waals surface area contributed by atoms with Crippen LogP contribution in [-0.4, -0.2) is 24.6 Å². The van der Waals surface area contributed by atoms with E-state index >= 15 is 0 Å². The lowest BCUT2D eigenvalue weighted by molar-refractivity contribution is -0.174. The van der Waals surface area contributed by atoms with Gasteiger partial charge in [-0.05, 0) is 20.3 Å². The van der Waals surface area contributed by atoms with E-state index in [1.165, 1.54) is 0 Å². The van der Waals surface area contributed by atoms with Gasteiger partial charge in [0.2, 0.25) is 0 Å². The summed E-state index contributed by atoms with van der Waals surface area (Å²) in [5, 5.41) is 0. The molecule has 0 N–H and O–H groups in total. The quantitative estimate of drug-likeness (QED) is 0.461. The standard InChI is InChI=1S/C8H14O4/c1-5-8(2,3)12-7(10)6(9)11-4/h5H2,1-4H3. The highest BCUT2D eigenvalue weighted by molar-refractivity contribution is 6.29. The van der Waals surface area contributed by atoms with Gasteiger partial charge in [0.05, 0.1) is 7.11 Å². The summed E-state index contributed by atoms with van der Waals surface area (Å²) in [6, 6.07) is 0. The molecule has 0 aliphatic carbocycles. The molecule has 0 bridgehead atoms. The molecule has 0 radical (unpaired) electrons. The molecular weight excluding hydrogens is 160 g/mol. The summed E-state index contributed by atoms with van der Waals surface area (Å²) >= 11 is 0. The van der Waals surface area contributed by atoms with Crippen molar-refractivity contribution in [1.82, 2.24) is 0 Å². The third-order valence-electron chi connectivity index (χ3n) is 1.57. The summed E-state index contributed by atoms with van der Waals surface area (Å²) in [6.07, 6.45) is 0.649. The van der Waals surface area contributed by atoms with Crippen LogP contribution in [-0.2, 0) is 19.1 Å². The Morgan fingerprint density at radius 1 is 1.25 bits per heavy atom. The maximum Gasteiger partial charge on any atom is 0.417 e. The van der Waals surface area contributed by atoms with E-state index in [0.717, 1.165) is 7.11 Å². The fourth-order valence-corrected chi connectivity index (χ4v) is 0.448. The third kappa shape index (κ3) is 3.37. The molecule has 0 aliphatic heterocycles. The molecule has 4 heteroatoms. The topological polar surface area (TPSA) is 52.6 Å². The highest BCUT2D eigenvalue weighted by Gasteiger charge is 2.25. The summed E-state index contributed by atoms with van der Waals surface area (Å²) in [7, 11) is 1.14. The Hall–Kier alpha value is -1.06. The number of ether oxygens (including phenoxy) is 2. The normalized spacial score (nSPS) is 10.7. The lowest BCUT2D eigenvalue weighted by Gasteiger charge is -2.21. The molecule has 0 aromatic rings. The number of hydrogen-bond donors (Lipinski definition) is 0. The predicted molar refractivity (Wildman–Crippen MR) is 42.5 cm³/mol. The van der Waals surface area contributed by atoms with Crippen molar-refractivity contribution < 1.29 is 19.1 Å². The van der Waals surface area contributed by atoms with Gasteiger partial charge in [0.25, 0.3) is 0 Å². The summed E-state index contributed by atoms with van der Waals surface area (Å²) in [5.41, 5.74) is -0.606. The van der Waals surface area contributed by atoms with Crippen LogP contribution in [0.1, 0.15) is 27.2 Å². The zero-order valence-corrected chi connectivity index (χ0v) is 7.84. The molecule has 0 fully saturated rings. The zero-order valence-electron chi connectivity index (χ0n) is 7.84. The van der Waals surface area contributed by atoms with Crippen LogP contribution >= 0.6 is 0 Å². The van der Waals surface area contributed by atoms with Crippen molar-refractivity contribution in [2.45, 2.75) is 32.8 Å². The lowest BCUT2D eigenvalue weighted by atomic mass is 10.1. The minimum absolute atomic E-state index is 0.606. The first-order valence-corrected chi connectivity index (χ1v) is 3.74. The molecule has 0 aromatic carbocycles. The van der Waals surface area contributed by atoms with Gasteiger partial charge in [0.1, 0.15) is 5.60 Å². The first-order chi connectivity index (χ1) is 5.43. The van der Waals surface area contributed by atoms with Crippen molar-refractivity contribution in [1.29, 1.82) is 0 Å². The van der Waals surface area contributed by atoms with Crippen LogP contribution in [0.25, 0.3) is 0 Å². The minimum atomic E-state index is -0.962. The van der Waals surface area contributed by atoms with E-state index < -0.39 is 17.5 Å². The van der Waals surface area contributed by atoms with E-state index in [1.807, 2.05) is 6.92 Å². The molecule has 0 heterocycles. The van der Waals surface area contributed by atoms with Crippen molar-refractivity contribution in [2.24, 2.45) is 0 Å². The Kier molecular flexibility index (Phi) is 3.73. The maximum atomic E-state index is 10.9. The number of hydrogen-bond acceptors (Lipinski definition) is 4. The largest absolute Gasteiger partial charge is 0.461 e. The summed E-state index contributed by atoms with van der Waals surface area (Å²) in [4.78, 5) is 21.5. The van der Waals surface area contributed by atoms with Gasteiger partial charge in [-0.25, -0.2) is 9.59 Å². The van der Waals surface area contributed by atoms with Gasteiger partial charge in [-0.3, -0.25) is 0 Å². The summed E-state index contributed by atoms with van der Waals surface area (Å²) in [5.74, 6) is -1.90. The minimum Gasteiger partial charge on any atom is -0.461 e. The summed E-state index contributed by atoms with van der Waals surface area (Å²) < 4.78 is 9.02. The molecule has 0 rings (SSSR count). The molecule has 0 saturated carbocycles. The average molecular weight is 174 g/mol. The van der Waals surface area contributed by atoms with Gasteiger partial charge in [0.15, 0.2) is 0 Å². The Morgan fingerprint density at radius 2 is 1.75 bits per heavy atom. The van der Waals surface area contributed by atoms with Crippen LogP contribution in [0.15, 0.2) is 0 Å². The van der Waals surface area contributed by atoms with E-state index in [4.69, 9.17) is 4.74 Å². The maximum absolute atomic E-state index is 10.9. The van der Waals surface area contributed by atoms with Gasteiger partial charge in [-0.1, -0.05) is 6.92 Å². The van der Waals surface area contributed by atoms with E-state index in [0.29, 0.717) is 6.42 Å². The van der Waals surface area contributed by atoms with E-state index in [2.05, 4.69) is 4.74 Å². The zero-order chi connectivity index (χ0) is 9.78. The van der Waals surface area contributed by atoms with Gasteiger partial charge < -0.3 is 9.47 Å². The number of carbonyl (C=O) groups excluding carboxylic acids is 2. The fourth-order valence-electron chi connectivity index (χ4n) is 0.448. The molecule has 0 aliphatic rings. The Labute approximate surface area is 71.8 Å². The Balaban J connectivity index is 4.09. The first-order valence-electron chi connectivity index (χ1n) is 3.74. The molecule has 0 amide bonds. The van der Waals surface area contributed by atoms with Crippen molar-refractivity contribution in [2.75, 3.05) is 7.11 Å². The van der Waals surface area contributed by atoms with Crippen LogP contribution in [0.2, 0.25) is 0 Å². The SMILES string of the molecule is CCC(C)(C)OC(=O)C(=O)OC. The van der Waals surface area contributed by atoms with Crippen LogP contribution in [0.4, 0.5) is 0 Å². The van der Waals surface area contributed by atoms with Crippen LogP contribution in [0, 0.1) is 0 Å². The van der Waals surface area contributed by atoms with Crippen molar-refractivity contribution >= 4 is 11.9 Å². The summed E-state index contributed by atoms with van der Waals surface area (Å²) in [6.45, 7) is 5.33. The fraction of sp³-hybridized carbons (Fsp3) is 0.750. The van der Waals surface area contributed by atoms with Crippen LogP contribution in [0.3, 0.4) is 0 Å². The van der Waals surface area contributed by atoms with Crippen molar-refractivity contribution in [3.05, 3.63) is 0 Å². The molecule has 0 aromatic heterocycles. The second kappa shape index (κ2) is 4.09. The second-order valence-corrected chi connectivity index (χ2v) is 2.99. The molecule has 70 valence electrons. The molecule has 12 heavy (non-hydrogen) atoms. The predicted octanol–water partition coefficient (Wildman–Crippen LogP) is 0.891. The lowest BCUT2D eigenvalue weighted by Crippen LogP contribution is -2.31. The van der Waals surface area contributed by atoms with Gasteiger partial charge in [0, 0.05) is 0 Å². The molecule has 0 spiro atoms. The van der Waals surface area contributed by atoms with E-state index in [1.54, 1.807) is 13.8 Å². The van der Waals surface area contributed by atoms with Gasteiger partial charge in [-0.2, -0.15) is 0 Å².